The smallest absolute Gasteiger partial charge is 0.248 e. The van der Waals surface area contributed by atoms with Crippen molar-refractivity contribution in [2.24, 2.45) is 5.92 Å². The molecule has 0 amide bonds. The van der Waals surface area contributed by atoms with E-state index in [4.69, 9.17) is 4.52 Å². The van der Waals surface area contributed by atoms with Crippen LogP contribution in [0.2, 0.25) is 0 Å². The quantitative estimate of drug-likeness (QED) is 0.813. The van der Waals surface area contributed by atoms with Crippen LogP contribution in [0.1, 0.15) is 36.3 Å². The fraction of sp³-hybridized carbons (Fsp3) is 0.500. The number of aryl methyl sites for hydroxylation is 3. The monoisotopic (exact) mass is 366 g/mol. The summed E-state index contributed by atoms with van der Waals surface area (Å²) in [5.41, 5.74) is 1.35. The van der Waals surface area contributed by atoms with Crippen molar-refractivity contribution in [3.05, 3.63) is 47.1 Å². The Morgan fingerprint density at radius 2 is 2.16 bits per heavy atom. The van der Waals surface area contributed by atoms with Gasteiger partial charge in [-0.15, -0.1) is 0 Å². The van der Waals surface area contributed by atoms with Gasteiger partial charge in [-0.2, -0.15) is 4.31 Å². The predicted molar refractivity (Wildman–Crippen MR) is 92.2 cm³/mol. The SMILES string of the molecule is Cc1noc(C)c1S(=O)(=O)N1CCCC(CCc2cccc(F)c2)C1. The van der Waals surface area contributed by atoms with Crippen molar-refractivity contribution in [2.75, 3.05) is 13.1 Å². The van der Waals surface area contributed by atoms with E-state index in [1.165, 1.54) is 6.07 Å². The average Bonchev–Trinajstić information content (AvgIpc) is 2.93. The highest BCUT2D eigenvalue weighted by molar-refractivity contribution is 7.89. The Morgan fingerprint density at radius 3 is 2.84 bits per heavy atom. The van der Waals surface area contributed by atoms with E-state index in [1.807, 2.05) is 6.07 Å². The van der Waals surface area contributed by atoms with Gasteiger partial charge in [0.05, 0.1) is 0 Å². The van der Waals surface area contributed by atoms with Gasteiger partial charge in [-0.05, 0) is 63.1 Å². The Kier molecular flexibility index (Phi) is 5.24. The van der Waals surface area contributed by atoms with Crippen molar-refractivity contribution >= 4 is 10.0 Å². The lowest BCUT2D eigenvalue weighted by Gasteiger charge is -2.31. The second kappa shape index (κ2) is 7.25. The van der Waals surface area contributed by atoms with E-state index in [0.29, 0.717) is 24.5 Å². The first-order valence-corrected chi connectivity index (χ1v) is 9.99. The zero-order valence-corrected chi connectivity index (χ0v) is 15.4. The molecule has 5 nitrogen and oxygen atoms in total. The summed E-state index contributed by atoms with van der Waals surface area (Å²) in [6.45, 7) is 4.28. The molecule has 136 valence electrons. The van der Waals surface area contributed by atoms with Gasteiger partial charge in [-0.3, -0.25) is 0 Å². The fourth-order valence-electron chi connectivity index (χ4n) is 3.52. The van der Waals surface area contributed by atoms with Gasteiger partial charge in [-0.25, -0.2) is 12.8 Å². The third-order valence-corrected chi connectivity index (χ3v) is 6.89. The molecule has 1 fully saturated rings. The number of sulfonamides is 1. The largest absolute Gasteiger partial charge is 0.360 e. The molecule has 2 aromatic rings. The third-order valence-electron chi connectivity index (χ3n) is 4.78. The van der Waals surface area contributed by atoms with Crippen molar-refractivity contribution in [1.82, 2.24) is 9.46 Å². The molecular formula is C18H23FN2O3S. The van der Waals surface area contributed by atoms with Gasteiger partial charge in [0.15, 0.2) is 5.76 Å². The molecular weight excluding hydrogens is 343 g/mol. The third kappa shape index (κ3) is 3.93. The average molecular weight is 366 g/mol. The Morgan fingerprint density at radius 1 is 1.36 bits per heavy atom. The van der Waals surface area contributed by atoms with Gasteiger partial charge in [-0.1, -0.05) is 17.3 Å². The maximum atomic E-state index is 13.3. The van der Waals surface area contributed by atoms with E-state index in [-0.39, 0.29) is 16.6 Å². The first kappa shape index (κ1) is 18.1. The molecule has 1 saturated heterocycles. The van der Waals surface area contributed by atoms with E-state index in [2.05, 4.69) is 5.16 Å². The highest BCUT2D eigenvalue weighted by atomic mass is 32.2. The van der Waals surface area contributed by atoms with Gasteiger partial charge >= 0.3 is 0 Å². The molecule has 1 aliphatic heterocycles. The maximum absolute atomic E-state index is 13.3. The topological polar surface area (TPSA) is 63.4 Å². The van der Waals surface area contributed by atoms with Gasteiger partial charge in [0.2, 0.25) is 10.0 Å². The summed E-state index contributed by atoms with van der Waals surface area (Å²) < 4.78 is 45.7. The van der Waals surface area contributed by atoms with Crippen molar-refractivity contribution in [1.29, 1.82) is 0 Å². The van der Waals surface area contributed by atoms with Crippen molar-refractivity contribution in [2.45, 2.75) is 44.4 Å². The summed E-state index contributed by atoms with van der Waals surface area (Å²) in [6, 6.07) is 6.59. The molecule has 3 rings (SSSR count). The lowest BCUT2D eigenvalue weighted by molar-refractivity contribution is 0.255. The summed E-state index contributed by atoms with van der Waals surface area (Å²) in [6.07, 6.45) is 3.41. The van der Waals surface area contributed by atoms with E-state index in [9.17, 15) is 12.8 Å². The van der Waals surface area contributed by atoms with Crippen LogP contribution in [-0.4, -0.2) is 31.0 Å². The number of aromatic nitrogens is 1. The summed E-state index contributed by atoms with van der Waals surface area (Å²) >= 11 is 0. The van der Waals surface area contributed by atoms with E-state index in [1.54, 1.807) is 30.3 Å². The van der Waals surface area contributed by atoms with E-state index < -0.39 is 10.0 Å². The molecule has 1 unspecified atom stereocenters. The highest BCUT2D eigenvalue weighted by Gasteiger charge is 2.34. The number of halogens is 1. The lowest BCUT2D eigenvalue weighted by Crippen LogP contribution is -2.40. The van der Waals surface area contributed by atoms with Crippen molar-refractivity contribution in [3.63, 3.8) is 0 Å². The van der Waals surface area contributed by atoms with Crippen LogP contribution in [0, 0.1) is 25.6 Å². The molecule has 1 atom stereocenters. The molecule has 1 aliphatic rings. The number of piperidine rings is 1. The van der Waals surface area contributed by atoms with Crippen LogP contribution in [0.5, 0.6) is 0 Å². The van der Waals surface area contributed by atoms with Crippen LogP contribution in [0.25, 0.3) is 0 Å². The zero-order chi connectivity index (χ0) is 18.0. The van der Waals surface area contributed by atoms with E-state index >= 15 is 0 Å². The minimum Gasteiger partial charge on any atom is -0.360 e. The summed E-state index contributed by atoms with van der Waals surface area (Å²) in [7, 11) is -3.59. The van der Waals surface area contributed by atoms with Gasteiger partial charge in [0.1, 0.15) is 16.4 Å². The van der Waals surface area contributed by atoms with Crippen LogP contribution >= 0.6 is 0 Å². The van der Waals surface area contributed by atoms with Crippen LogP contribution in [-0.2, 0) is 16.4 Å². The number of benzene rings is 1. The molecule has 1 aromatic carbocycles. The predicted octanol–water partition coefficient (Wildman–Crippen LogP) is 3.46. The van der Waals surface area contributed by atoms with Gasteiger partial charge in [0.25, 0.3) is 0 Å². The molecule has 0 saturated carbocycles. The molecule has 0 spiro atoms. The molecule has 0 radical (unpaired) electrons. The molecule has 2 heterocycles. The number of nitrogens with zero attached hydrogens (tertiary/aromatic N) is 2. The summed E-state index contributed by atoms with van der Waals surface area (Å²) in [5, 5.41) is 3.76. The second-order valence-electron chi connectivity index (χ2n) is 6.69. The minimum atomic E-state index is -3.59. The van der Waals surface area contributed by atoms with Crippen molar-refractivity contribution < 1.29 is 17.3 Å². The van der Waals surface area contributed by atoms with Gasteiger partial charge in [0, 0.05) is 13.1 Å². The van der Waals surface area contributed by atoms with E-state index in [0.717, 1.165) is 31.2 Å². The number of rotatable bonds is 5. The zero-order valence-electron chi connectivity index (χ0n) is 14.5. The van der Waals surface area contributed by atoms with Crippen LogP contribution < -0.4 is 0 Å². The molecule has 25 heavy (non-hydrogen) atoms. The second-order valence-corrected chi connectivity index (χ2v) is 8.57. The Balaban J connectivity index is 1.69. The Labute approximate surface area is 147 Å². The lowest BCUT2D eigenvalue weighted by atomic mass is 9.93. The fourth-order valence-corrected chi connectivity index (χ4v) is 5.36. The molecule has 0 bridgehead atoms. The Hall–Kier alpha value is -1.73. The summed E-state index contributed by atoms with van der Waals surface area (Å²) in [4.78, 5) is 0.193. The maximum Gasteiger partial charge on any atom is 0.248 e. The Bertz CT molecular complexity index is 828. The molecule has 0 N–H and O–H groups in total. The molecule has 1 aromatic heterocycles. The van der Waals surface area contributed by atoms with Crippen LogP contribution in [0.4, 0.5) is 4.39 Å². The van der Waals surface area contributed by atoms with Crippen LogP contribution in [0.3, 0.4) is 0 Å². The molecule has 0 aliphatic carbocycles. The van der Waals surface area contributed by atoms with Crippen LogP contribution in [0.15, 0.2) is 33.7 Å². The molecule has 7 heteroatoms. The number of hydrogen-bond donors (Lipinski definition) is 0. The highest BCUT2D eigenvalue weighted by Crippen LogP contribution is 2.29. The summed E-state index contributed by atoms with van der Waals surface area (Å²) in [5.74, 6) is 0.371. The normalized spacial score (nSPS) is 19.2. The standard InChI is InChI=1S/C18H23FN2O3S/c1-13-18(14(2)24-20-13)25(22,23)21-10-4-6-16(12-21)9-8-15-5-3-7-17(19)11-15/h3,5,7,11,16H,4,6,8-10,12H2,1-2H3. The number of hydrogen-bond acceptors (Lipinski definition) is 4. The first-order valence-electron chi connectivity index (χ1n) is 8.55. The minimum absolute atomic E-state index is 0.193. The van der Waals surface area contributed by atoms with Crippen molar-refractivity contribution in [3.8, 4) is 0 Å². The van der Waals surface area contributed by atoms with Gasteiger partial charge < -0.3 is 4.52 Å². The first-order chi connectivity index (χ1) is 11.9.